The van der Waals surface area contributed by atoms with Crippen LogP contribution >= 0.6 is 0 Å². The van der Waals surface area contributed by atoms with Crippen LogP contribution < -0.4 is 0 Å². The molecule has 2 radical (unpaired) electrons. The summed E-state index contributed by atoms with van der Waals surface area (Å²) in [4.78, 5) is 0. The predicted octanol–water partition coefficient (Wildman–Crippen LogP) is 2.35. The first-order chi connectivity index (χ1) is 0. The second kappa shape index (κ2) is 57.0. The van der Waals surface area contributed by atoms with Crippen LogP contribution in [0.3, 0.4) is 0 Å². The van der Waals surface area contributed by atoms with E-state index in [2.05, 4.69) is 0 Å². The standard InChI is InChI=1S/3CH4.CH3.2Y/h3*1H4;1H3;;/q;;;-1;;. The van der Waals surface area contributed by atoms with Gasteiger partial charge in [-0.3, -0.25) is 0 Å². The fourth-order valence-corrected chi connectivity index (χ4v) is 0. The third-order valence-electron chi connectivity index (χ3n) is 0. The fraction of sp³-hybridized carbons (Fsp3) is 0.750. The first-order valence-electron chi connectivity index (χ1n) is 0. The number of hydrogen-bond donors (Lipinski definition) is 0. The van der Waals surface area contributed by atoms with Crippen molar-refractivity contribution in [3.8, 4) is 0 Å². The maximum absolute atomic E-state index is 0. The van der Waals surface area contributed by atoms with Crippen molar-refractivity contribution in [2.45, 2.75) is 22.3 Å². The van der Waals surface area contributed by atoms with Crippen molar-refractivity contribution in [1.29, 1.82) is 0 Å². The van der Waals surface area contributed by atoms with Gasteiger partial charge in [0.15, 0.2) is 0 Å². The van der Waals surface area contributed by atoms with Crippen molar-refractivity contribution in [3.05, 3.63) is 7.43 Å². The molecule has 0 aromatic carbocycles. The molecule has 0 amide bonds. The van der Waals surface area contributed by atoms with E-state index >= 15 is 0 Å². The minimum atomic E-state index is 0. The molecule has 0 heterocycles. The Morgan fingerprint density at radius 2 is 0.500 bits per heavy atom. The van der Waals surface area contributed by atoms with Gasteiger partial charge in [-0.05, 0) is 0 Å². The summed E-state index contributed by atoms with van der Waals surface area (Å²) in [6, 6.07) is 0. The molecule has 0 saturated carbocycles. The number of rotatable bonds is 0. The molecule has 0 aliphatic heterocycles. The summed E-state index contributed by atoms with van der Waals surface area (Å²) >= 11 is 0. The quantitative estimate of drug-likeness (QED) is 0.571. The third-order valence-corrected chi connectivity index (χ3v) is 0. The Hall–Kier alpha value is 2.21. The first kappa shape index (κ1) is 87.5. The van der Waals surface area contributed by atoms with Crippen LogP contribution in [0.15, 0.2) is 0 Å². The van der Waals surface area contributed by atoms with Gasteiger partial charge in [0.05, 0.1) is 0 Å². The van der Waals surface area contributed by atoms with Gasteiger partial charge in [0.2, 0.25) is 0 Å². The molecule has 0 nitrogen and oxygen atoms in total. The molecule has 0 aromatic heterocycles. The molecule has 0 rings (SSSR count). The van der Waals surface area contributed by atoms with Crippen LogP contribution in [0.2, 0.25) is 0 Å². The Morgan fingerprint density at radius 3 is 0.500 bits per heavy atom. The predicted molar refractivity (Wildman–Crippen MR) is 26.6 cm³/mol. The molecule has 0 bridgehead atoms. The Bertz CT molecular complexity index is 5.51. The summed E-state index contributed by atoms with van der Waals surface area (Å²) < 4.78 is 0. The van der Waals surface area contributed by atoms with Gasteiger partial charge in [-0.15, -0.1) is 0 Å². The molecule has 0 aromatic rings. The van der Waals surface area contributed by atoms with E-state index in [9.17, 15) is 0 Å². The van der Waals surface area contributed by atoms with Gasteiger partial charge >= 0.3 is 0 Å². The van der Waals surface area contributed by atoms with E-state index in [0.29, 0.717) is 0 Å². The zero-order valence-electron chi connectivity index (χ0n) is 2.15. The van der Waals surface area contributed by atoms with Crippen LogP contribution in [0, 0.1) is 7.43 Å². The monoisotopic (exact) mass is 241 g/mol. The molecule has 0 saturated heterocycles. The van der Waals surface area contributed by atoms with Crippen molar-refractivity contribution in [2.75, 3.05) is 0 Å². The molecule has 0 fully saturated rings. The van der Waals surface area contributed by atoms with Gasteiger partial charge < -0.3 is 7.43 Å². The van der Waals surface area contributed by atoms with Crippen molar-refractivity contribution < 1.29 is 65.4 Å². The molecule has 38 valence electrons. The minimum absolute atomic E-state index is 0. The Labute approximate surface area is 93.6 Å². The van der Waals surface area contributed by atoms with Crippen molar-refractivity contribution >= 4 is 0 Å². The molecule has 0 N–H and O–H groups in total. The summed E-state index contributed by atoms with van der Waals surface area (Å²) in [5.41, 5.74) is 0. The van der Waals surface area contributed by atoms with Gasteiger partial charge in [-0.25, -0.2) is 0 Å². The SMILES string of the molecule is C.C.C.[CH3-].[Y].[Y]. The molecule has 0 unspecified atom stereocenters. The van der Waals surface area contributed by atoms with E-state index in [0.717, 1.165) is 0 Å². The molecule has 0 aliphatic rings. The van der Waals surface area contributed by atoms with Crippen LogP contribution in [0.25, 0.3) is 0 Å². The topological polar surface area (TPSA) is 0 Å². The Balaban J connectivity index is 0. The largest absolute Gasteiger partial charge is 0.358 e. The second-order valence-electron chi connectivity index (χ2n) is 0. The van der Waals surface area contributed by atoms with Gasteiger partial charge in [0, 0.05) is 65.4 Å². The van der Waals surface area contributed by atoms with E-state index in [4.69, 9.17) is 0 Å². The minimum Gasteiger partial charge on any atom is -0.358 e. The average Bonchev–Trinajstić information content (AvgIpc) is 0. The normalized spacial score (nSPS) is 0. The smallest absolute Gasteiger partial charge is 0 e. The molecule has 0 spiro atoms. The first-order valence-corrected chi connectivity index (χ1v) is 0. The number of hydrogen-bond acceptors (Lipinski definition) is 0. The Morgan fingerprint density at radius 1 is 0.500 bits per heavy atom. The van der Waals surface area contributed by atoms with Crippen LogP contribution in [0.5, 0.6) is 0 Å². The van der Waals surface area contributed by atoms with E-state index in [1.54, 1.807) is 0 Å². The van der Waals surface area contributed by atoms with Gasteiger partial charge in [0.1, 0.15) is 0 Å². The van der Waals surface area contributed by atoms with Crippen molar-refractivity contribution in [2.24, 2.45) is 0 Å². The summed E-state index contributed by atoms with van der Waals surface area (Å²) in [5.74, 6) is 0. The molecule has 6 heavy (non-hydrogen) atoms. The maximum Gasteiger partial charge on any atom is 0 e. The fourth-order valence-electron chi connectivity index (χ4n) is 0. The molecule has 2 heteroatoms. The van der Waals surface area contributed by atoms with Gasteiger partial charge in [0.25, 0.3) is 0 Å². The van der Waals surface area contributed by atoms with Crippen LogP contribution in [-0.4, -0.2) is 0 Å². The van der Waals surface area contributed by atoms with Crippen LogP contribution in [0.4, 0.5) is 0 Å². The van der Waals surface area contributed by atoms with Crippen LogP contribution in [0.1, 0.15) is 22.3 Å². The molecule has 0 atom stereocenters. The van der Waals surface area contributed by atoms with E-state index in [-0.39, 0.29) is 95.1 Å². The molecule has 0 aliphatic carbocycles. The van der Waals surface area contributed by atoms with Crippen molar-refractivity contribution in [1.82, 2.24) is 0 Å². The van der Waals surface area contributed by atoms with Gasteiger partial charge in [-0.2, -0.15) is 0 Å². The van der Waals surface area contributed by atoms with E-state index in [1.807, 2.05) is 0 Å². The molecular weight excluding hydrogens is 226 g/mol. The third kappa shape index (κ3) is 34.5. The summed E-state index contributed by atoms with van der Waals surface area (Å²) in [6.07, 6.45) is 0. The molecular formula is C4H15Y2-. The van der Waals surface area contributed by atoms with Crippen molar-refractivity contribution in [3.63, 3.8) is 0 Å². The summed E-state index contributed by atoms with van der Waals surface area (Å²) in [7, 11) is 0. The van der Waals surface area contributed by atoms with Gasteiger partial charge in [-0.1, -0.05) is 22.3 Å². The second-order valence-corrected chi connectivity index (χ2v) is 0. The Kier molecular flexibility index (Phi) is 831. The van der Waals surface area contributed by atoms with E-state index in [1.165, 1.54) is 0 Å². The van der Waals surface area contributed by atoms with E-state index < -0.39 is 0 Å². The maximum atomic E-state index is 0. The average molecular weight is 241 g/mol. The van der Waals surface area contributed by atoms with Crippen LogP contribution in [-0.2, 0) is 65.4 Å². The summed E-state index contributed by atoms with van der Waals surface area (Å²) in [5, 5.41) is 0. The summed E-state index contributed by atoms with van der Waals surface area (Å²) in [6.45, 7) is 0. The zero-order chi connectivity index (χ0) is 0. The zero-order valence-corrected chi connectivity index (χ0v) is 7.83.